The molecule has 1 fully saturated rings. The topological polar surface area (TPSA) is 92.2 Å². The molecule has 0 aromatic carbocycles. The highest BCUT2D eigenvalue weighted by molar-refractivity contribution is 7.13. The van der Waals surface area contributed by atoms with Crippen LogP contribution in [0.25, 0.3) is 10.7 Å². The zero-order valence-electron chi connectivity index (χ0n) is 12.9. The minimum absolute atomic E-state index is 0.362. The van der Waals surface area contributed by atoms with E-state index >= 15 is 0 Å². The van der Waals surface area contributed by atoms with Crippen molar-refractivity contribution >= 4 is 11.3 Å². The minimum Gasteiger partial charge on any atom is -0.385 e. The first-order valence-electron chi connectivity index (χ1n) is 7.68. The van der Waals surface area contributed by atoms with Crippen LogP contribution in [-0.4, -0.2) is 65.1 Å². The summed E-state index contributed by atoms with van der Waals surface area (Å²) in [4.78, 5) is 12.9. The number of β-amino-alcohol motifs (C(OH)–C–C–N with tert-alkyl or cyclic N) is 1. The van der Waals surface area contributed by atoms with Crippen LogP contribution in [0.2, 0.25) is 0 Å². The quantitative estimate of drug-likeness (QED) is 0.644. The lowest BCUT2D eigenvalue weighted by atomic mass is 10.1. The molecule has 23 heavy (non-hydrogen) atoms. The van der Waals surface area contributed by atoms with Crippen molar-refractivity contribution in [2.24, 2.45) is 0 Å². The van der Waals surface area contributed by atoms with E-state index in [4.69, 9.17) is 4.74 Å². The molecule has 0 bridgehead atoms. The van der Waals surface area contributed by atoms with Crippen molar-refractivity contribution in [3.05, 3.63) is 29.7 Å². The summed E-state index contributed by atoms with van der Waals surface area (Å²) >= 11 is 1.57. The summed E-state index contributed by atoms with van der Waals surface area (Å²) < 4.78 is 5.40. The summed E-state index contributed by atoms with van der Waals surface area (Å²) in [6.45, 7) is 3.60. The molecule has 0 aliphatic carbocycles. The number of nitrogens with zero attached hydrogens (tertiary/aromatic N) is 3. The summed E-state index contributed by atoms with van der Waals surface area (Å²) in [6, 6.07) is 0. The third kappa shape index (κ3) is 4.76. The molecule has 3 heterocycles. The fraction of sp³-hybridized carbons (Fsp3) is 0.533. The Bertz CT molecular complexity index is 599. The van der Waals surface area contributed by atoms with Crippen LogP contribution in [0.15, 0.2) is 24.0 Å². The Hall–Kier alpha value is -1.45. The molecular weight excluding hydrogens is 314 g/mol. The van der Waals surface area contributed by atoms with Crippen LogP contribution in [0.3, 0.4) is 0 Å². The average Bonchev–Trinajstić information content (AvgIpc) is 2.94. The SMILES string of the molecule is OC1(CNCCc2csc(-c3cnccn3)n2)CNCCOC1. The molecule has 0 amide bonds. The molecule has 1 atom stereocenters. The predicted molar refractivity (Wildman–Crippen MR) is 88.4 cm³/mol. The van der Waals surface area contributed by atoms with E-state index < -0.39 is 5.60 Å². The smallest absolute Gasteiger partial charge is 0.143 e. The van der Waals surface area contributed by atoms with E-state index in [2.05, 4.69) is 25.6 Å². The van der Waals surface area contributed by atoms with Gasteiger partial charge in [0.2, 0.25) is 0 Å². The van der Waals surface area contributed by atoms with Crippen molar-refractivity contribution in [1.29, 1.82) is 0 Å². The molecule has 3 N–H and O–H groups in total. The van der Waals surface area contributed by atoms with Crippen molar-refractivity contribution < 1.29 is 9.84 Å². The van der Waals surface area contributed by atoms with Crippen molar-refractivity contribution in [3.63, 3.8) is 0 Å². The molecular formula is C15H21N5O2S. The molecule has 3 rings (SSSR count). The highest BCUT2D eigenvalue weighted by atomic mass is 32.1. The number of hydrogen-bond acceptors (Lipinski definition) is 8. The molecule has 1 saturated heterocycles. The second-order valence-corrected chi connectivity index (χ2v) is 6.47. The summed E-state index contributed by atoms with van der Waals surface area (Å²) in [5.74, 6) is 0. The minimum atomic E-state index is -0.844. The number of aliphatic hydroxyl groups is 1. The fourth-order valence-electron chi connectivity index (χ4n) is 2.38. The highest BCUT2D eigenvalue weighted by Gasteiger charge is 2.28. The molecule has 2 aromatic heterocycles. The van der Waals surface area contributed by atoms with Gasteiger partial charge < -0.3 is 20.5 Å². The molecule has 7 nitrogen and oxygen atoms in total. The van der Waals surface area contributed by atoms with Crippen LogP contribution in [0.4, 0.5) is 0 Å². The van der Waals surface area contributed by atoms with Crippen LogP contribution in [0.1, 0.15) is 5.69 Å². The van der Waals surface area contributed by atoms with Crippen molar-refractivity contribution in [1.82, 2.24) is 25.6 Å². The second kappa shape index (κ2) is 7.89. The Balaban J connectivity index is 1.45. The molecule has 0 radical (unpaired) electrons. The number of ether oxygens (including phenoxy) is 1. The van der Waals surface area contributed by atoms with Gasteiger partial charge in [-0.2, -0.15) is 0 Å². The lowest BCUT2D eigenvalue weighted by molar-refractivity contribution is -0.0260. The van der Waals surface area contributed by atoms with E-state index in [1.807, 2.05) is 5.38 Å². The second-order valence-electron chi connectivity index (χ2n) is 5.62. The standard InChI is InChI=1S/C15H21N5O2S/c21-15(10-18-5-6-22-11-15)9-17-2-1-12-8-23-14(20-12)13-7-16-3-4-19-13/h3-4,7-8,17-18,21H,1-2,5-6,9-11H2. The first-order valence-corrected chi connectivity index (χ1v) is 8.55. The Morgan fingerprint density at radius 1 is 1.43 bits per heavy atom. The van der Waals surface area contributed by atoms with Gasteiger partial charge in [-0.15, -0.1) is 11.3 Å². The van der Waals surface area contributed by atoms with E-state index in [1.165, 1.54) is 0 Å². The molecule has 0 saturated carbocycles. The van der Waals surface area contributed by atoms with E-state index in [9.17, 15) is 5.11 Å². The van der Waals surface area contributed by atoms with Crippen LogP contribution in [-0.2, 0) is 11.2 Å². The summed E-state index contributed by atoms with van der Waals surface area (Å²) in [5, 5.41) is 19.8. The third-order valence-corrected chi connectivity index (χ3v) is 4.51. The first-order chi connectivity index (χ1) is 11.3. The van der Waals surface area contributed by atoms with Gasteiger partial charge in [0, 0.05) is 50.4 Å². The summed E-state index contributed by atoms with van der Waals surface area (Å²) in [7, 11) is 0. The van der Waals surface area contributed by atoms with Crippen molar-refractivity contribution in [3.8, 4) is 10.7 Å². The number of aromatic nitrogens is 3. The van der Waals surface area contributed by atoms with Gasteiger partial charge in [-0.1, -0.05) is 0 Å². The van der Waals surface area contributed by atoms with E-state index in [0.29, 0.717) is 26.3 Å². The summed E-state index contributed by atoms with van der Waals surface area (Å²) in [6.07, 6.45) is 5.84. The van der Waals surface area contributed by atoms with Crippen LogP contribution >= 0.6 is 11.3 Å². The van der Waals surface area contributed by atoms with Gasteiger partial charge in [0.1, 0.15) is 16.3 Å². The van der Waals surface area contributed by atoms with Gasteiger partial charge in [0.15, 0.2) is 0 Å². The molecule has 8 heteroatoms. The predicted octanol–water partition coefficient (Wildman–Crippen LogP) is 0.0831. The van der Waals surface area contributed by atoms with Crippen molar-refractivity contribution in [2.75, 3.05) is 39.4 Å². The summed E-state index contributed by atoms with van der Waals surface area (Å²) in [5.41, 5.74) is 0.974. The van der Waals surface area contributed by atoms with E-state index in [1.54, 1.807) is 29.9 Å². The third-order valence-electron chi connectivity index (χ3n) is 3.59. The van der Waals surface area contributed by atoms with Gasteiger partial charge in [0.25, 0.3) is 0 Å². The van der Waals surface area contributed by atoms with Gasteiger partial charge in [-0.3, -0.25) is 9.97 Å². The molecule has 1 unspecified atom stereocenters. The average molecular weight is 335 g/mol. The molecule has 1 aliphatic rings. The van der Waals surface area contributed by atoms with E-state index in [-0.39, 0.29) is 0 Å². The molecule has 1 aliphatic heterocycles. The largest absolute Gasteiger partial charge is 0.385 e. The van der Waals surface area contributed by atoms with E-state index in [0.717, 1.165) is 35.9 Å². The number of rotatable bonds is 6. The number of thiazole rings is 1. The fourth-order valence-corrected chi connectivity index (χ4v) is 3.19. The normalized spacial score (nSPS) is 22.0. The van der Waals surface area contributed by atoms with Crippen molar-refractivity contribution in [2.45, 2.75) is 12.0 Å². The lowest BCUT2D eigenvalue weighted by Gasteiger charge is -2.26. The van der Waals surface area contributed by atoms with Gasteiger partial charge in [-0.05, 0) is 0 Å². The van der Waals surface area contributed by atoms with Crippen LogP contribution in [0, 0.1) is 0 Å². The monoisotopic (exact) mass is 335 g/mol. The van der Waals surface area contributed by atoms with Gasteiger partial charge in [-0.25, -0.2) is 4.98 Å². The number of hydrogen-bond donors (Lipinski definition) is 3. The Morgan fingerprint density at radius 2 is 2.39 bits per heavy atom. The maximum Gasteiger partial charge on any atom is 0.143 e. The zero-order chi connectivity index (χ0) is 16.0. The molecule has 2 aromatic rings. The maximum absolute atomic E-state index is 10.4. The highest BCUT2D eigenvalue weighted by Crippen LogP contribution is 2.20. The Morgan fingerprint density at radius 3 is 3.26 bits per heavy atom. The Kier molecular flexibility index (Phi) is 5.63. The molecule has 124 valence electrons. The van der Waals surface area contributed by atoms with Gasteiger partial charge >= 0.3 is 0 Å². The van der Waals surface area contributed by atoms with Gasteiger partial charge in [0.05, 0.1) is 25.1 Å². The number of nitrogens with one attached hydrogen (secondary N) is 2. The maximum atomic E-state index is 10.4. The Labute approximate surface area is 139 Å². The van der Waals surface area contributed by atoms with Crippen LogP contribution < -0.4 is 10.6 Å². The van der Waals surface area contributed by atoms with Crippen LogP contribution in [0.5, 0.6) is 0 Å². The first kappa shape index (κ1) is 16.4. The lowest BCUT2D eigenvalue weighted by Crippen LogP contribution is -2.50. The molecule has 0 spiro atoms. The zero-order valence-corrected chi connectivity index (χ0v) is 13.7.